The van der Waals surface area contributed by atoms with Crippen LogP contribution < -0.4 is 30.6 Å². The topological polar surface area (TPSA) is 177 Å². The van der Waals surface area contributed by atoms with Crippen LogP contribution in [0.3, 0.4) is 0 Å². The normalized spacial score (nSPS) is 11.8. The monoisotopic (exact) mass is 547 g/mol. The first-order valence-corrected chi connectivity index (χ1v) is 15.7. The molecule has 0 saturated heterocycles. The molecule has 0 fully saturated rings. The molecule has 0 aromatic carbocycles. The van der Waals surface area contributed by atoms with Gasteiger partial charge in [0.25, 0.3) is 0 Å². The lowest BCUT2D eigenvalue weighted by molar-refractivity contribution is -0.597. The third-order valence-corrected chi connectivity index (χ3v) is 4.66. The Bertz CT molecular complexity index is 376. The largest absolute Gasteiger partial charge is 0.822 e. The van der Waals surface area contributed by atoms with Gasteiger partial charge in [0.1, 0.15) is 0 Å². The molecule has 0 aliphatic heterocycles. The van der Waals surface area contributed by atoms with Crippen molar-refractivity contribution in [1.29, 1.82) is 0 Å². The van der Waals surface area contributed by atoms with Crippen molar-refractivity contribution in [3.05, 3.63) is 0 Å². The Kier molecular flexibility index (Phi) is 53.5. The van der Waals surface area contributed by atoms with Crippen LogP contribution in [0.2, 0.25) is 0 Å². The summed E-state index contributed by atoms with van der Waals surface area (Å²) in [7, 11) is 6.61. The van der Waals surface area contributed by atoms with E-state index in [2.05, 4.69) is 6.92 Å². The van der Waals surface area contributed by atoms with Crippen molar-refractivity contribution in [3.63, 3.8) is 0 Å². The number of phosphoric acid groups is 1. The van der Waals surface area contributed by atoms with E-state index < -0.39 is 20.0 Å². The lowest BCUT2D eigenvalue weighted by atomic mass is 10.0. The molecule has 0 bridgehead atoms. The van der Waals surface area contributed by atoms with E-state index in [1.54, 1.807) is 6.92 Å². The van der Waals surface area contributed by atoms with Crippen molar-refractivity contribution >= 4 is 7.82 Å². The second kappa shape index (κ2) is 42.0. The summed E-state index contributed by atoms with van der Waals surface area (Å²) in [6.45, 7) is 3.94. The van der Waals surface area contributed by atoms with Crippen molar-refractivity contribution < 1.29 is 45.4 Å². The van der Waals surface area contributed by atoms with Gasteiger partial charge in [0.2, 0.25) is 0 Å². The maximum atomic E-state index is 9.48. The van der Waals surface area contributed by atoms with Crippen molar-refractivity contribution in [2.75, 3.05) is 42.3 Å². The molecule has 0 radical (unpaired) electrons. The SMILES string of the molecule is CCCCCCCCCCCCCCCCCC(O)C(C)O.C[NH2+]C.C[NH2+]C.C[NH2+]C.O=P([O-])([O-])[O-]. The van der Waals surface area contributed by atoms with Gasteiger partial charge in [0.05, 0.1) is 54.5 Å². The molecular weight excluding hydrogens is 481 g/mol. The van der Waals surface area contributed by atoms with E-state index in [9.17, 15) is 10.2 Å². The van der Waals surface area contributed by atoms with E-state index in [-0.39, 0.29) is 0 Å². The molecule has 0 rings (SSSR count). The highest BCUT2D eigenvalue weighted by Crippen LogP contribution is 2.14. The molecule has 0 aromatic heterocycles. The van der Waals surface area contributed by atoms with Crippen LogP contribution in [0.4, 0.5) is 0 Å². The summed E-state index contributed by atoms with van der Waals surface area (Å²) < 4.78 is 8.55. The summed E-state index contributed by atoms with van der Waals surface area (Å²) in [5.41, 5.74) is 0. The van der Waals surface area contributed by atoms with Crippen molar-refractivity contribution in [2.24, 2.45) is 0 Å². The van der Waals surface area contributed by atoms with Crippen molar-refractivity contribution in [1.82, 2.24) is 0 Å². The molecule has 0 amide bonds. The number of rotatable bonds is 17. The smallest absolute Gasteiger partial charge is 0.0796 e. The van der Waals surface area contributed by atoms with Crippen LogP contribution in [0, 0.1) is 0 Å². The Morgan fingerprint density at radius 2 is 0.778 bits per heavy atom. The molecule has 36 heavy (non-hydrogen) atoms. The zero-order valence-corrected chi connectivity index (χ0v) is 26.1. The summed E-state index contributed by atoms with van der Waals surface area (Å²) in [6, 6.07) is 0. The molecule has 0 saturated carbocycles. The Morgan fingerprint density at radius 1 is 0.583 bits per heavy atom. The fraction of sp³-hybridized carbons (Fsp3) is 1.00. The fourth-order valence-electron chi connectivity index (χ4n) is 2.97. The second-order valence-electron chi connectivity index (χ2n) is 9.23. The third kappa shape index (κ3) is 84.0. The number of aliphatic hydroxyl groups is 2. The van der Waals surface area contributed by atoms with Crippen molar-refractivity contribution in [3.8, 4) is 0 Å². The molecule has 0 aromatic rings. The van der Waals surface area contributed by atoms with E-state index in [1.165, 1.54) is 89.9 Å². The molecule has 226 valence electrons. The number of quaternary nitrogens is 3. The van der Waals surface area contributed by atoms with Crippen LogP contribution in [0.1, 0.15) is 117 Å². The number of hydrogen-bond donors (Lipinski definition) is 5. The van der Waals surface area contributed by atoms with Gasteiger partial charge in [0.15, 0.2) is 0 Å². The zero-order valence-electron chi connectivity index (χ0n) is 25.2. The summed E-state index contributed by atoms with van der Waals surface area (Å²) in [5.74, 6) is 0. The minimum absolute atomic E-state index is 0.526. The van der Waals surface area contributed by atoms with Gasteiger partial charge in [-0.3, -0.25) is 0 Å². The van der Waals surface area contributed by atoms with E-state index in [0.717, 1.165) is 12.8 Å². The Balaban J connectivity index is -0.000000187. The van der Waals surface area contributed by atoms with Gasteiger partial charge in [-0.05, 0) is 13.3 Å². The minimum atomic E-state index is -5.39. The highest BCUT2D eigenvalue weighted by molar-refractivity contribution is 7.40. The third-order valence-electron chi connectivity index (χ3n) is 4.66. The van der Waals surface area contributed by atoms with E-state index in [1.807, 2.05) is 58.2 Å². The summed E-state index contributed by atoms with van der Waals surface area (Å²) in [4.78, 5) is 25.6. The number of hydrogen-bond acceptors (Lipinski definition) is 6. The Hall–Kier alpha value is -0.0900. The first-order valence-electron chi connectivity index (χ1n) is 14.2. The quantitative estimate of drug-likeness (QED) is 0.122. The molecule has 2 unspecified atom stereocenters. The first kappa shape index (κ1) is 45.8. The Morgan fingerprint density at radius 3 is 0.972 bits per heavy atom. The molecule has 9 nitrogen and oxygen atoms in total. The van der Waals surface area contributed by atoms with E-state index in [0.29, 0.717) is 0 Å². The van der Waals surface area contributed by atoms with Gasteiger partial charge < -0.3 is 45.4 Å². The van der Waals surface area contributed by atoms with Crippen LogP contribution in [-0.4, -0.2) is 64.7 Å². The van der Waals surface area contributed by atoms with E-state index in [4.69, 9.17) is 19.2 Å². The second-order valence-corrected chi connectivity index (χ2v) is 10.1. The maximum absolute atomic E-state index is 9.48. The van der Waals surface area contributed by atoms with E-state index >= 15 is 0 Å². The van der Waals surface area contributed by atoms with Crippen molar-refractivity contribution in [2.45, 2.75) is 129 Å². The van der Waals surface area contributed by atoms with Crippen LogP contribution >= 0.6 is 7.82 Å². The zero-order chi connectivity index (χ0) is 29.1. The maximum Gasteiger partial charge on any atom is 0.0796 e. The molecule has 0 aliphatic carbocycles. The summed E-state index contributed by atoms with van der Waals surface area (Å²) in [5, 5.41) is 24.7. The van der Waals surface area contributed by atoms with Gasteiger partial charge in [-0.2, -0.15) is 7.82 Å². The Labute approximate surface area is 224 Å². The molecule has 0 aliphatic rings. The average molecular weight is 548 g/mol. The lowest BCUT2D eigenvalue weighted by Crippen LogP contribution is -2.74. The minimum Gasteiger partial charge on any atom is -0.822 e. The lowest BCUT2D eigenvalue weighted by Gasteiger charge is -2.36. The first-order chi connectivity index (χ1) is 16.9. The highest BCUT2D eigenvalue weighted by Gasteiger charge is 2.09. The van der Waals surface area contributed by atoms with Crippen LogP contribution in [0.25, 0.3) is 0 Å². The van der Waals surface area contributed by atoms with Gasteiger partial charge >= 0.3 is 0 Å². The number of nitrogens with two attached hydrogens (primary N) is 3. The standard InChI is InChI=1S/C20H42O2.3C2H7N.H3O4P/c1-3-4-5-6-7-8-9-10-11-12-13-14-15-16-17-18-20(22)19(2)21;3*1-3-2;1-5(2,3)4/h19-22H,3-18H2,1-2H3;3*3H,1-2H3;(H3,1,2,3,4). The predicted molar refractivity (Wildman–Crippen MR) is 146 cm³/mol. The van der Waals surface area contributed by atoms with Gasteiger partial charge in [-0.15, -0.1) is 0 Å². The summed E-state index contributed by atoms with van der Waals surface area (Å²) in [6.07, 6.45) is 20.1. The molecule has 10 heteroatoms. The van der Waals surface area contributed by atoms with Crippen LogP contribution in [0.5, 0.6) is 0 Å². The number of unbranched alkanes of at least 4 members (excludes halogenated alkanes) is 14. The van der Waals surface area contributed by atoms with Gasteiger partial charge in [-0.1, -0.05) is 103 Å². The molecule has 0 spiro atoms. The molecular formula is C26H66N3O6P. The average Bonchev–Trinajstić information content (AvgIpc) is 2.76. The molecule has 0 heterocycles. The van der Waals surface area contributed by atoms with Crippen LogP contribution in [-0.2, 0) is 4.57 Å². The van der Waals surface area contributed by atoms with Gasteiger partial charge in [0, 0.05) is 0 Å². The van der Waals surface area contributed by atoms with Gasteiger partial charge in [-0.25, -0.2) is 0 Å². The predicted octanol–water partition coefficient (Wildman–Crippen LogP) is -0.407. The summed E-state index contributed by atoms with van der Waals surface area (Å²) >= 11 is 0. The van der Waals surface area contributed by atoms with Crippen LogP contribution in [0.15, 0.2) is 0 Å². The molecule has 8 N–H and O–H groups in total. The number of aliphatic hydroxyl groups excluding tert-OH is 2. The molecule has 2 atom stereocenters. The highest BCUT2D eigenvalue weighted by atomic mass is 31.2. The fourth-order valence-corrected chi connectivity index (χ4v) is 2.97.